The van der Waals surface area contributed by atoms with Crippen molar-refractivity contribution in [1.29, 1.82) is 0 Å². The molecule has 0 amide bonds. The number of hydrogen-bond donors (Lipinski definition) is 0. The Hall–Kier alpha value is -0.560. The van der Waals surface area contributed by atoms with Gasteiger partial charge in [0.25, 0.3) is 0 Å². The molecule has 14 nitrogen and oxygen atoms in total. The number of hydrogen-bond acceptors (Lipinski definition) is 14. The standard InChI is InChI=1S/C44H88O14/c1-2-3-4-5-6-7-8-9-10-11-12-13-15-18-45-20-21-46-22-23-47-24-25-48-26-27-49-28-29-50-30-31-51-32-33-52-34-35-53-36-37-54-38-39-55-40-41-56-42-43-58-44-17-14-16-19-57-44/h44H,2-43H2,1H3. The molecule has 14 heteroatoms. The zero-order valence-electron chi connectivity index (χ0n) is 37.0. The van der Waals surface area contributed by atoms with E-state index in [9.17, 15) is 0 Å². The van der Waals surface area contributed by atoms with Gasteiger partial charge in [-0.15, -0.1) is 0 Å². The van der Waals surface area contributed by atoms with E-state index >= 15 is 0 Å². The van der Waals surface area contributed by atoms with Gasteiger partial charge in [-0.05, 0) is 25.7 Å². The molecule has 0 radical (unpaired) electrons. The van der Waals surface area contributed by atoms with Crippen molar-refractivity contribution in [2.45, 2.75) is 116 Å². The first kappa shape index (κ1) is 55.5. The fourth-order valence-electron chi connectivity index (χ4n) is 5.82. The first-order chi connectivity index (χ1) is 28.9. The highest BCUT2D eigenvalue weighted by molar-refractivity contribution is 4.54. The Morgan fingerprint density at radius 3 is 0.828 bits per heavy atom. The normalized spacial score (nSPS) is 14.5. The Kier molecular flexibility index (Phi) is 48.6. The fourth-order valence-corrected chi connectivity index (χ4v) is 5.82. The third kappa shape index (κ3) is 46.5. The van der Waals surface area contributed by atoms with E-state index in [1.54, 1.807) is 0 Å². The van der Waals surface area contributed by atoms with Crippen LogP contribution in [-0.2, 0) is 66.3 Å². The van der Waals surface area contributed by atoms with Gasteiger partial charge in [0.2, 0.25) is 0 Å². The maximum atomic E-state index is 5.68. The third-order valence-electron chi connectivity index (χ3n) is 9.15. The summed E-state index contributed by atoms with van der Waals surface area (Å²) in [7, 11) is 0. The highest BCUT2D eigenvalue weighted by Gasteiger charge is 2.13. The summed E-state index contributed by atoms with van der Waals surface area (Å²) < 4.78 is 77.6. The zero-order chi connectivity index (χ0) is 41.2. The summed E-state index contributed by atoms with van der Waals surface area (Å²) in [4.78, 5) is 0. The van der Waals surface area contributed by atoms with Crippen LogP contribution < -0.4 is 0 Å². The van der Waals surface area contributed by atoms with Crippen LogP contribution in [0.2, 0.25) is 0 Å². The van der Waals surface area contributed by atoms with E-state index < -0.39 is 0 Å². The molecule has 1 rings (SSSR count). The van der Waals surface area contributed by atoms with E-state index in [0.29, 0.717) is 159 Å². The minimum atomic E-state index is -0.0660. The number of rotatable bonds is 51. The maximum absolute atomic E-state index is 5.68. The van der Waals surface area contributed by atoms with Crippen LogP contribution in [0.3, 0.4) is 0 Å². The van der Waals surface area contributed by atoms with Crippen LogP contribution >= 0.6 is 0 Å². The van der Waals surface area contributed by atoms with Gasteiger partial charge in [-0.2, -0.15) is 0 Å². The van der Waals surface area contributed by atoms with Crippen LogP contribution in [0.4, 0.5) is 0 Å². The van der Waals surface area contributed by atoms with E-state index in [-0.39, 0.29) is 6.29 Å². The molecule has 0 aliphatic carbocycles. The van der Waals surface area contributed by atoms with Crippen LogP contribution in [0.5, 0.6) is 0 Å². The first-order valence-electron chi connectivity index (χ1n) is 23.1. The summed E-state index contributed by atoms with van der Waals surface area (Å²) >= 11 is 0. The van der Waals surface area contributed by atoms with Gasteiger partial charge in [0, 0.05) is 13.2 Å². The molecule has 0 N–H and O–H groups in total. The van der Waals surface area contributed by atoms with E-state index in [4.69, 9.17) is 66.3 Å². The van der Waals surface area contributed by atoms with Crippen LogP contribution in [-0.4, -0.2) is 178 Å². The van der Waals surface area contributed by atoms with Crippen LogP contribution in [0.15, 0.2) is 0 Å². The Morgan fingerprint density at radius 2 is 0.552 bits per heavy atom. The summed E-state index contributed by atoms with van der Waals surface area (Å²) in [6.45, 7) is 16.8. The lowest BCUT2D eigenvalue weighted by atomic mass is 10.0. The van der Waals surface area contributed by atoms with E-state index in [0.717, 1.165) is 32.5 Å². The largest absolute Gasteiger partial charge is 0.379 e. The van der Waals surface area contributed by atoms with Crippen molar-refractivity contribution in [3.63, 3.8) is 0 Å². The van der Waals surface area contributed by atoms with Gasteiger partial charge in [0.15, 0.2) is 6.29 Å². The molecular formula is C44H88O14. The molecule has 1 atom stereocenters. The average molecular weight is 841 g/mol. The van der Waals surface area contributed by atoms with E-state index in [2.05, 4.69) is 6.92 Å². The van der Waals surface area contributed by atoms with E-state index in [1.165, 1.54) is 83.5 Å². The molecule has 0 bridgehead atoms. The van der Waals surface area contributed by atoms with Gasteiger partial charge in [0.05, 0.1) is 159 Å². The van der Waals surface area contributed by atoms with Gasteiger partial charge in [-0.1, -0.05) is 84.0 Å². The summed E-state index contributed by atoms with van der Waals surface area (Å²) in [6.07, 6.45) is 21.0. The van der Waals surface area contributed by atoms with Gasteiger partial charge >= 0.3 is 0 Å². The molecule has 1 heterocycles. The highest BCUT2D eigenvalue weighted by atomic mass is 16.7. The lowest BCUT2D eigenvalue weighted by molar-refractivity contribution is -0.169. The van der Waals surface area contributed by atoms with Gasteiger partial charge in [0.1, 0.15) is 0 Å². The van der Waals surface area contributed by atoms with Gasteiger partial charge in [-0.25, -0.2) is 0 Å². The lowest BCUT2D eigenvalue weighted by Crippen LogP contribution is -2.24. The zero-order valence-corrected chi connectivity index (χ0v) is 37.0. The van der Waals surface area contributed by atoms with Gasteiger partial charge < -0.3 is 66.3 Å². The van der Waals surface area contributed by atoms with Crippen molar-refractivity contribution in [1.82, 2.24) is 0 Å². The molecule has 348 valence electrons. The molecule has 0 aromatic heterocycles. The van der Waals surface area contributed by atoms with Crippen LogP contribution in [0, 0.1) is 0 Å². The topological polar surface area (TPSA) is 129 Å². The molecular weight excluding hydrogens is 752 g/mol. The predicted molar refractivity (Wildman–Crippen MR) is 225 cm³/mol. The second kappa shape index (κ2) is 50.8. The third-order valence-corrected chi connectivity index (χ3v) is 9.15. The second-order valence-electron chi connectivity index (χ2n) is 14.3. The molecule has 0 spiro atoms. The Balaban J connectivity index is 1.59. The highest BCUT2D eigenvalue weighted by Crippen LogP contribution is 2.14. The molecule has 0 saturated carbocycles. The predicted octanol–water partition coefficient (Wildman–Crippen LogP) is 6.82. The summed E-state index contributed by atoms with van der Waals surface area (Å²) in [5.41, 5.74) is 0. The fraction of sp³-hybridized carbons (Fsp3) is 1.00. The second-order valence-corrected chi connectivity index (χ2v) is 14.3. The monoisotopic (exact) mass is 841 g/mol. The van der Waals surface area contributed by atoms with Crippen molar-refractivity contribution in [2.75, 3.05) is 172 Å². The van der Waals surface area contributed by atoms with Crippen LogP contribution in [0.1, 0.15) is 110 Å². The minimum Gasteiger partial charge on any atom is -0.379 e. The van der Waals surface area contributed by atoms with Crippen molar-refractivity contribution < 1.29 is 66.3 Å². The number of ether oxygens (including phenoxy) is 14. The molecule has 1 aliphatic heterocycles. The SMILES string of the molecule is CCCCCCCCCCCCCCCOCCOCCOCCOCCOCCOCCOCCOCCOCCOCCOCCOCCOC1CCCCO1. The minimum absolute atomic E-state index is 0.0660. The van der Waals surface area contributed by atoms with Crippen molar-refractivity contribution in [3.05, 3.63) is 0 Å². The molecule has 58 heavy (non-hydrogen) atoms. The molecule has 1 saturated heterocycles. The summed E-state index contributed by atoms with van der Waals surface area (Å²) in [5.74, 6) is 0. The molecule has 1 unspecified atom stereocenters. The Morgan fingerprint density at radius 1 is 0.293 bits per heavy atom. The molecule has 1 fully saturated rings. The molecule has 0 aromatic rings. The Labute approximate surface area is 353 Å². The van der Waals surface area contributed by atoms with Crippen molar-refractivity contribution in [3.8, 4) is 0 Å². The summed E-state index contributed by atoms with van der Waals surface area (Å²) in [5, 5.41) is 0. The maximum Gasteiger partial charge on any atom is 0.157 e. The Bertz CT molecular complexity index is 734. The smallest absolute Gasteiger partial charge is 0.157 e. The van der Waals surface area contributed by atoms with Crippen molar-refractivity contribution >= 4 is 0 Å². The molecule has 1 aliphatic rings. The van der Waals surface area contributed by atoms with Gasteiger partial charge in [-0.3, -0.25) is 0 Å². The van der Waals surface area contributed by atoms with E-state index in [1.807, 2.05) is 0 Å². The number of unbranched alkanes of at least 4 members (excludes halogenated alkanes) is 12. The van der Waals surface area contributed by atoms with Crippen LogP contribution in [0.25, 0.3) is 0 Å². The quantitative estimate of drug-likeness (QED) is 0.0594. The van der Waals surface area contributed by atoms with Crippen molar-refractivity contribution in [2.24, 2.45) is 0 Å². The molecule has 0 aromatic carbocycles. The first-order valence-corrected chi connectivity index (χ1v) is 23.1. The lowest BCUT2D eigenvalue weighted by Gasteiger charge is -2.22. The summed E-state index contributed by atoms with van der Waals surface area (Å²) in [6, 6.07) is 0. The average Bonchev–Trinajstić information content (AvgIpc) is 3.24.